The second-order valence-corrected chi connectivity index (χ2v) is 10.0. The predicted molar refractivity (Wildman–Crippen MR) is 148 cm³/mol. The number of rotatable bonds is 9. The minimum Gasteiger partial charge on any atom is -0.496 e. The van der Waals surface area contributed by atoms with Gasteiger partial charge in [-0.2, -0.15) is 13.2 Å². The van der Waals surface area contributed by atoms with Gasteiger partial charge in [0.2, 0.25) is 0 Å². The van der Waals surface area contributed by atoms with E-state index in [1.54, 1.807) is 37.1 Å². The van der Waals surface area contributed by atoms with Gasteiger partial charge < -0.3 is 29.9 Å². The van der Waals surface area contributed by atoms with Gasteiger partial charge in [-0.25, -0.2) is 0 Å². The van der Waals surface area contributed by atoms with Crippen molar-refractivity contribution in [1.82, 2.24) is 9.47 Å². The third kappa shape index (κ3) is 7.10. The van der Waals surface area contributed by atoms with E-state index in [2.05, 4.69) is 27.4 Å². The number of fused-ring (bicyclic) bond motifs is 1. The smallest absolute Gasteiger partial charge is 0.406 e. The van der Waals surface area contributed by atoms with Crippen molar-refractivity contribution in [3.8, 4) is 17.6 Å². The maximum Gasteiger partial charge on any atom is 0.406 e. The third-order valence-electron chi connectivity index (χ3n) is 6.63. The Hall–Kier alpha value is -3.00. The summed E-state index contributed by atoms with van der Waals surface area (Å²) in [5.74, 6) is 6.68. The molecular weight excluding hydrogens is 513 g/mol. The molecule has 0 amide bonds. The van der Waals surface area contributed by atoms with Crippen LogP contribution in [0.2, 0.25) is 0 Å². The Labute approximate surface area is 225 Å². The first-order chi connectivity index (χ1) is 18.3. The van der Waals surface area contributed by atoms with Gasteiger partial charge in [0.1, 0.15) is 12.3 Å². The Bertz CT molecular complexity index is 1290. The first kappa shape index (κ1) is 28.0. The Morgan fingerprint density at radius 1 is 1.16 bits per heavy atom. The van der Waals surface area contributed by atoms with E-state index in [1.165, 1.54) is 4.57 Å². The van der Waals surface area contributed by atoms with Gasteiger partial charge in [-0.15, -0.1) is 11.8 Å². The van der Waals surface area contributed by atoms with Crippen molar-refractivity contribution in [2.24, 2.45) is 0 Å². The zero-order valence-corrected chi connectivity index (χ0v) is 22.4. The lowest BCUT2D eigenvalue weighted by Gasteiger charge is -2.32. The maximum atomic E-state index is 13.5. The molecule has 204 valence electrons. The molecule has 0 saturated carbocycles. The van der Waals surface area contributed by atoms with E-state index in [-0.39, 0.29) is 19.2 Å². The van der Waals surface area contributed by atoms with Crippen LogP contribution in [-0.2, 0) is 6.54 Å². The Morgan fingerprint density at radius 2 is 1.95 bits per heavy atom. The number of nitrogens with zero attached hydrogens (tertiary/aromatic N) is 2. The van der Waals surface area contributed by atoms with E-state index in [1.807, 2.05) is 30.5 Å². The molecule has 3 aromatic rings. The normalized spacial score (nSPS) is 14.8. The lowest BCUT2D eigenvalue weighted by Crippen LogP contribution is -2.40. The molecule has 10 heteroatoms. The molecule has 38 heavy (non-hydrogen) atoms. The van der Waals surface area contributed by atoms with Crippen molar-refractivity contribution in [3.05, 3.63) is 48.2 Å². The van der Waals surface area contributed by atoms with E-state index in [0.717, 1.165) is 53.3 Å². The number of aliphatic hydroxyl groups is 1. The summed E-state index contributed by atoms with van der Waals surface area (Å²) in [5.41, 5.74) is 2.45. The number of hydrogen-bond donors (Lipinski definition) is 3. The first-order valence-corrected chi connectivity index (χ1v) is 13.8. The number of β-amino-alcohol motifs (C(OH)–C–C–N with tert-alkyl or cyclic N) is 1. The molecule has 2 heterocycles. The topological polar surface area (TPSA) is 61.7 Å². The molecule has 4 rings (SSSR count). The number of alkyl halides is 3. The Balaban J connectivity index is 1.54. The first-order valence-electron chi connectivity index (χ1n) is 12.5. The molecule has 1 saturated heterocycles. The zero-order valence-electron chi connectivity index (χ0n) is 21.6. The SMILES string of the molecule is COc1cc(NCC#Cc2cc3c(NC4CCN(CCO)CC4)cccc3n2CC(F)(F)F)ccc1SC. The predicted octanol–water partition coefficient (Wildman–Crippen LogP) is 5.27. The van der Waals surface area contributed by atoms with E-state index in [0.29, 0.717) is 17.8 Å². The van der Waals surface area contributed by atoms with Crippen molar-refractivity contribution in [3.63, 3.8) is 0 Å². The van der Waals surface area contributed by atoms with Crippen LogP contribution in [0.5, 0.6) is 5.75 Å². The fourth-order valence-electron chi connectivity index (χ4n) is 4.75. The van der Waals surface area contributed by atoms with Crippen LogP contribution in [0.25, 0.3) is 10.9 Å². The van der Waals surface area contributed by atoms with E-state index in [4.69, 9.17) is 9.84 Å². The second-order valence-electron chi connectivity index (χ2n) is 9.18. The van der Waals surface area contributed by atoms with Gasteiger partial charge in [-0.1, -0.05) is 12.0 Å². The van der Waals surface area contributed by atoms with E-state index < -0.39 is 12.7 Å². The highest BCUT2D eigenvalue weighted by Crippen LogP contribution is 2.32. The summed E-state index contributed by atoms with van der Waals surface area (Å²) < 4.78 is 47.2. The molecule has 2 aromatic carbocycles. The molecule has 0 spiro atoms. The summed E-state index contributed by atoms with van der Waals surface area (Å²) in [7, 11) is 1.61. The number of aromatic nitrogens is 1. The molecule has 0 aliphatic carbocycles. The Kier molecular flexibility index (Phi) is 9.36. The summed E-state index contributed by atoms with van der Waals surface area (Å²) in [6.07, 6.45) is -0.597. The molecule has 1 aromatic heterocycles. The number of ether oxygens (including phenoxy) is 1. The van der Waals surface area contributed by atoms with Gasteiger partial charge in [0, 0.05) is 53.4 Å². The lowest BCUT2D eigenvalue weighted by atomic mass is 10.0. The van der Waals surface area contributed by atoms with Crippen LogP contribution in [-0.4, -0.2) is 72.9 Å². The van der Waals surface area contributed by atoms with Crippen LogP contribution in [0.3, 0.4) is 0 Å². The zero-order chi connectivity index (χ0) is 27.1. The van der Waals surface area contributed by atoms with Crippen LogP contribution in [0.1, 0.15) is 18.5 Å². The number of benzene rings is 2. The van der Waals surface area contributed by atoms with Gasteiger partial charge in [0.25, 0.3) is 0 Å². The number of anilines is 2. The summed E-state index contributed by atoms with van der Waals surface area (Å²) in [6.45, 7) is 1.72. The third-order valence-corrected chi connectivity index (χ3v) is 7.40. The highest BCUT2D eigenvalue weighted by atomic mass is 32.2. The molecule has 0 radical (unpaired) electrons. The molecule has 0 atom stereocenters. The van der Waals surface area contributed by atoms with Crippen LogP contribution in [0, 0.1) is 11.8 Å². The summed E-state index contributed by atoms with van der Waals surface area (Å²) >= 11 is 1.58. The molecule has 0 bridgehead atoms. The highest BCUT2D eigenvalue weighted by Gasteiger charge is 2.30. The van der Waals surface area contributed by atoms with Crippen LogP contribution in [0.15, 0.2) is 47.4 Å². The molecule has 1 fully saturated rings. The lowest BCUT2D eigenvalue weighted by molar-refractivity contribution is -0.140. The monoisotopic (exact) mass is 546 g/mol. The van der Waals surface area contributed by atoms with Crippen molar-refractivity contribution in [2.75, 3.05) is 56.8 Å². The van der Waals surface area contributed by atoms with Crippen LogP contribution >= 0.6 is 11.8 Å². The van der Waals surface area contributed by atoms with Crippen LogP contribution < -0.4 is 15.4 Å². The van der Waals surface area contributed by atoms with Gasteiger partial charge in [0.15, 0.2) is 0 Å². The quantitative estimate of drug-likeness (QED) is 0.251. The van der Waals surface area contributed by atoms with Gasteiger partial charge in [-0.3, -0.25) is 0 Å². The molecule has 6 nitrogen and oxygen atoms in total. The average molecular weight is 547 g/mol. The average Bonchev–Trinajstić information content (AvgIpc) is 3.24. The summed E-state index contributed by atoms with van der Waals surface area (Å²) in [5, 5.41) is 16.6. The van der Waals surface area contributed by atoms with Crippen LogP contribution in [0.4, 0.5) is 24.5 Å². The number of aliphatic hydroxyl groups excluding tert-OH is 1. The summed E-state index contributed by atoms with van der Waals surface area (Å²) in [4.78, 5) is 3.23. The summed E-state index contributed by atoms with van der Waals surface area (Å²) in [6, 6.07) is 13.1. The molecule has 0 unspecified atom stereocenters. The van der Waals surface area contributed by atoms with E-state index >= 15 is 0 Å². The minimum atomic E-state index is -4.38. The standard InChI is InChI=1S/C28H33F3N4O2S/c1-37-26-17-21(8-9-27(26)38-2)32-12-4-5-22-18-23-24(33-20-10-13-34(14-11-20)15-16-36)6-3-7-25(23)35(22)19-28(29,30)31/h3,6-9,17-18,20,32-33,36H,10-16,19H2,1-2H3. The Morgan fingerprint density at radius 3 is 2.63 bits per heavy atom. The fraction of sp³-hybridized carbons (Fsp3) is 0.429. The number of likely N-dealkylation sites (tertiary alicyclic amines) is 1. The molecule has 1 aliphatic heterocycles. The number of methoxy groups -OCH3 is 1. The largest absolute Gasteiger partial charge is 0.496 e. The second kappa shape index (κ2) is 12.7. The van der Waals surface area contributed by atoms with Crippen molar-refractivity contribution < 1.29 is 23.0 Å². The fourth-order valence-corrected chi connectivity index (χ4v) is 5.30. The molecule has 1 aliphatic rings. The highest BCUT2D eigenvalue weighted by molar-refractivity contribution is 7.98. The van der Waals surface area contributed by atoms with Crippen molar-refractivity contribution in [2.45, 2.75) is 36.5 Å². The molecular formula is C28H33F3N4O2S. The number of hydrogen-bond acceptors (Lipinski definition) is 6. The number of thioether (sulfide) groups is 1. The van der Waals surface area contributed by atoms with Crippen molar-refractivity contribution in [1.29, 1.82) is 0 Å². The van der Waals surface area contributed by atoms with Crippen molar-refractivity contribution >= 4 is 34.0 Å². The minimum absolute atomic E-state index is 0.141. The molecule has 3 N–H and O–H groups in total. The van der Waals surface area contributed by atoms with E-state index in [9.17, 15) is 13.2 Å². The van der Waals surface area contributed by atoms with Gasteiger partial charge in [0.05, 0.1) is 31.5 Å². The number of halogens is 3. The number of piperidine rings is 1. The van der Waals surface area contributed by atoms with Gasteiger partial charge in [-0.05, 0) is 55.3 Å². The van der Waals surface area contributed by atoms with Gasteiger partial charge >= 0.3 is 6.18 Å². The number of nitrogens with one attached hydrogen (secondary N) is 2. The maximum absolute atomic E-state index is 13.5.